The van der Waals surface area contributed by atoms with E-state index in [0.717, 1.165) is 4.90 Å². The number of imide groups is 1. The van der Waals surface area contributed by atoms with E-state index in [1.165, 1.54) is 18.2 Å². The first-order valence-electron chi connectivity index (χ1n) is 11.8. The molecule has 1 heterocycles. The first-order chi connectivity index (χ1) is 17.4. The first kappa shape index (κ1) is 29.0. The molecule has 12 heteroatoms. The minimum absolute atomic E-state index is 0.0887. The van der Waals surface area contributed by atoms with Gasteiger partial charge in [0, 0.05) is 30.8 Å². The largest absolute Gasteiger partial charge is 0.480 e. The van der Waals surface area contributed by atoms with Crippen molar-refractivity contribution in [1.82, 2.24) is 20.9 Å². The number of rotatable bonds is 12. The number of hydrogen-bond donors (Lipinski definition) is 4. The van der Waals surface area contributed by atoms with Crippen LogP contribution in [0.2, 0.25) is 0 Å². The fraction of sp³-hybridized carbons (Fsp3) is 0.440. The molecule has 0 unspecified atom stereocenters. The molecule has 1 atom stereocenters. The topological polar surface area (TPSA) is 171 Å². The molecule has 0 spiro atoms. The Kier molecular flexibility index (Phi) is 10.3. The fourth-order valence-corrected chi connectivity index (χ4v) is 3.35. The van der Waals surface area contributed by atoms with E-state index < -0.39 is 53.9 Å². The molecule has 0 aliphatic carbocycles. The van der Waals surface area contributed by atoms with Gasteiger partial charge in [-0.15, -0.1) is 0 Å². The maximum atomic E-state index is 12.5. The summed E-state index contributed by atoms with van der Waals surface area (Å²) in [5.41, 5.74) is 0.256. The van der Waals surface area contributed by atoms with E-state index in [0.29, 0.717) is 18.4 Å². The minimum atomic E-state index is -1.24. The molecule has 1 aromatic carbocycles. The van der Waals surface area contributed by atoms with Crippen molar-refractivity contribution in [1.29, 1.82) is 0 Å². The van der Waals surface area contributed by atoms with Crippen LogP contribution < -0.4 is 16.0 Å². The first-order valence-corrected chi connectivity index (χ1v) is 11.8. The van der Waals surface area contributed by atoms with Crippen LogP contribution in [0, 0.1) is 0 Å². The Hall–Kier alpha value is -4.22. The number of aliphatic carboxylic acids is 1. The molecule has 0 saturated carbocycles. The molecule has 0 radical (unpaired) electrons. The highest BCUT2D eigenvalue weighted by Crippen LogP contribution is 2.10. The molecule has 0 fully saturated rings. The molecule has 37 heavy (non-hydrogen) atoms. The summed E-state index contributed by atoms with van der Waals surface area (Å²) in [5, 5.41) is 16.8. The summed E-state index contributed by atoms with van der Waals surface area (Å²) >= 11 is 0. The van der Waals surface area contributed by atoms with Crippen LogP contribution in [-0.2, 0) is 30.5 Å². The third-order valence-electron chi connectivity index (χ3n) is 5.09. The van der Waals surface area contributed by atoms with E-state index in [1.54, 1.807) is 39.0 Å². The summed E-state index contributed by atoms with van der Waals surface area (Å²) in [4.78, 5) is 72.1. The average Bonchev–Trinajstić information content (AvgIpc) is 3.14. The van der Waals surface area contributed by atoms with Crippen LogP contribution in [0.25, 0.3) is 0 Å². The molecular weight excluding hydrogens is 484 g/mol. The number of carbonyl (C=O) groups is 6. The molecule has 1 aliphatic rings. The van der Waals surface area contributed by atoms with Gasteiger partial charge in [-0.25, -0.2) is 9.59 Å². The van der Waals surface area contributed by atoms with Crippen LogP contribution >= 0.6 is 0 Å². The predicted octanol–water partition coefficient (Wildman–Crippen LogP) is 1.11. The SMILES string of the molecule is CC(C)(C)OC(=O)NCc1cccc(C(=O)NCC(=O)N[C@@H](CCCCN2C(=O)C=CC2=O)C(=O)O)c1. The van der Waals surface area contributed by atoms with Gasteiger partial charge in [-0.3, -0.25) is 24.1 Å². The van der Waals surface area contributed by atoms with E-state index in [2.05, 4.69) is 16.0 Å². The summed E-state index contributed by atoms with van der Waals surface area (Å²) in [7, 11) is 0. The Balaban J connectivity index is 1.77. The Bertz CT molecular complexity index is 1060. The van der Waals surface area contributed by atoms with Crippen LogP contribution in [0.1, 0.15) is 56.0 Å². The monoisotopic (exact) mass is 516 g/mol. The number of carboxylic acid groups (broad SMARTS) is 1. The highest BCUT2D eigenvalue weighted by molar-refractivity contribution is 6.12. The van der Waals surface area contributed by atoms with Crippen molar-refractivity contribution in [2.75, 3.05) is 13.1 Å². The van der Waals surface area contributed by atoms with E-state index in [-0.39, 0.29) is 25.1 Å². The minimum Gasteiger partial charge on any atom is -0.480 e. The van der Waals surface area contributed by atoms with Crippen molar-refractivity contribution in [3.63, 3.8) is 0 Å². The number of carboxylic acids is 1. The second-order valence-corrected chi connectivity index (χ2v) is 9.35. The zero-order chi connectivity index (χ0) is 27.6. The number of carbonyl (C=O) groups excluding carboxylic acids is 5. The maximum absolute atomic E-state index is 12.5. The van der Waals surface area contributed by atoms with Gasteiger partial charge in [0.25, 0.3) is 17.7 Å². The van der Waals surface area contributed by atoms with Gasteiger partial charge in [-0.05, 0) is 57.7 Å². The molecule has 0 aromatic heterocycles. The van der Waals surface area contributed by atoms with Crippen molar-refractivity contribution in [2.24, 2.45) is 0 Å². The molecule has 1 aliphatic heterocycles. The van der Waals surface area contributed by atoms with E-state index >= 15 is 0 Å². The number of ether oxygens (including phenoxy) is 1. The molecule has 5 amide bonds. The van der Waals surface area contributed by atoms with Gasteiger partial charge < -0.3 is 25.8 Å². The van der Waals surface area contributed by atoms with Crippen molar-refractivity contribution in [2.45, 2.75) is 58.2 Å². The van der Waals surface area contributed by atoms with E-state index in [9.17, 15) is 33.9 Å². The highest BCUT2D eigenvalue weighted by atomic mass is 16.6. The lowest BCUT2D eigenvalue weighted by molar-refractivity contribution is -0.142. The Morgan fingerprint density at radius 1 is 1.03 bits per heavy atom. The van der Waals surface area contributed by atoms with Gasteiger partial charge >= 0.3 is 12.1 Å². The Morgan fingerprint density at radius 3 is 2.32 bits per heavy atom. The van der Waals surface area contributed by atoms with Gasteiger partial charge in [0.05, 0.1) is 6.54 Å². The van der Waals surface area contributed by atoms with Gasteiger partial charge in [0.1, 0.15) is 11.6 Å². The molecule has 0 bridgehead atoms. The Labute approximate surface area is 214 Å². The molecule has 4 N–H and O–H groups in total. The van der Waals surface area contributed by atoms with Gasteiger partial charge in [-0.2, -0.15) is 0 Å². The maximum Gasteiger partial charge on any atom is 0.407 e. The van der Waals surface area contributed by atoms with Crippen LogP contribution in [0.3, 0.4) is 0 Å². The number of nitrogens with zero attached hydrogens (tertiary/aromatic N) is 1. The normalized spacial score (nSPS) is 13.8. The standard InChI is InChI=1S/C25H32N4O8/c1-25(2,3)37-24(36)27-14-16-7-6-8-17(13-16)22(33)26-15-19(30)28-18(23(34)35)9-4-5-12-29-20(31)10-11-21(29)32/h6-8,10-11,13,18H,4-5,9,12,14-15H2,1-3H3,(H,26,33)(H,27,36)(H,28,30)(H,34,35)/t18-/m0/s1. The van der Waals surface area contributed by atoms with Crippen molar-refractivity contribution >= 4 is 35.7 Å². The highest BCUT2D eigenvalue weighted by Gasteiger charge is 2.24. The van der Waals surface area contributed by atoms with Crippen LogP contribution in [-0.4, -0.2) is 70.4 Å². The third-order valence-corrected chi connectivity index (χ3v) is 5.09. The lowest BCUT2D eigenvalue weighted by Gasteiger charge is -2.19. The number of hydrogen-bond acceptors (Lipinski definition) is 7. The third kappa shape index (κ3) is 10.1. The summed E-state index contributed by atoms with van der Waals surface area (Å²) in [5.74, 6) is -3.28. The molecule has 0 saturated heterocycles. The average molecular weight is 517 g/mol. The lowest BCUT2D eigenvalue weighted by atomic mass is 10.1. The molecule has 2 rings (SSSR count). The summed E-state index contributed by atoms with van der Waals surface area (Å²) in [6.07, 6.45) is 2.58. The summed E-state index contributed by atoms with van der Waals surface area (Å²) < 4.78 is 5.17. The summed E-state index contributed by atoms with van der Waals surface area (Å²) in [6, 6.07) is 5.24. The zero-order valence-corrected chi connectivity index (χ0v) is 21.0. The van der Waals surface area contributed by atoms with E-state index in [4.69, 9.17) is 4.74 Å². The predicted molar refractivity (Wildman–Crippen MR) is 131 cm³/mol. The van der Waals surface area contributed by atoms with Crippen LogP contribution in [0.5, 0.6) is 0 Å². The zero-order valence-electron chi connectivity index (χ0n) is 21.0. The van der Waals surface area contributed by atoms with E-state index in [1.807, 2.05) is 0 Å². The van der Waals surface area contributed by atoms with Crippen molar-refractivity contribution < 1.29 is 38.6 Å². The summed E-state index contributed by atoms with van der Waals surface area (Å²) in [6.45, 7) is 5.08. The fourth-order valence-electron chi connectivity index (χ4n) is 3.35. The molecular formula is C25H32N4O8. The molecule has 1 aromatic rings. The quantitative estimate of drug-likeness (QED) is 0.236. The van der Waals surface area contributed by atoms with Crippen LogP contribution in [0.4, 0.5) is 4.79 Å². The van der Waals surface area contributed by atoms with Gasteiger partial charge in [0.2, 0.25) is 5.91 Å². The molecule has 12 nitrogen and oxygen atoms in total. The number of unbranched alkanes of at least 4 members (excludes halogenated alkanes) is 1. The lowest BCUT2D eigenvalue weighted by Crippen LogP contribution is -2.45. The number of amides is 5. The number of benzene rings is 1. The second-order valence-electron chi connectivity index (χ2n) is 9.35. The molecule has 200 valence electrons. The number of alkyl carbamates (subject to hydrolysis) is 1. The Morgan fingerprint density at radius 2 is 1.70 bits per heavy atom. The van der Waals surface area contributed by atoms with Gasteiger partial charge in [-0.1, -0.05) is 12.1 Å². The van der Waals surface area contributed by atoms with Crippen molar-refractivity contribution in [3.8, 4) is 0 Å². The smallest absolute Gasteiger partial charge is 0.407 e. The van der Waals surface area contributed by atoms with Gasteiger partial charge in [0.15, 0.2) is 0 Å². The van der Waals surface area contributed by atoms with Crippen molar-refractivity contribution in [3.05, 3.63) is 47.5 Å². The second kappa shape index (κ2) is 13.2. The van der Waals surface area contributed by atoms with Crippen LogP contribution in [0.15, 0.2) is 36.4 Å². The number of nitrogens with one attached hydrogen (secondary N) is 3.